The van der Waals surface area contributed by atoms with E-state index < -0.39 is 7.60 Å². The van der Waals surface area contributed by atoms with Crippen molar-refractivity contribution in [2.75, 3.05) is 27.6 Å². The van der Waals surface area contributed by atoms with Crippen LogP contribution in [0.3, 0.4) is 0 Å². The predicted octanol–water partition coefficient (Wildman–Crippen LogP) is 0.649. The van der Waals surface area contributed by atoms with Crippen LogP contribution in [0.25, 0.3) is 0 Å². The maximum Gasteiger partial charge on any atom is 0.343 e. The van der Waals surface area contributed by atoms with Crippen molar-refractivity contribution >= 4 is 7.60 Å². The Morgan fingerprint density at radius 3 is 2.00 bits per heavy atom. The van der Waals surface area contributed by atoms with Gasteiger partial charge in [-0.1, -0.05) is 0 Å². The van der Waals surface area contributed by atoms with Gasteiger partial charge in [0, 0.05) is 14.2 Å². The minimum absolute atomic E-state index is 0.250. The van der Waals surface area contributed by atoms with Crippen LogP contribution < -0.4 is 5.32 Å². The third-order valence-corrected chi connectivity index (χ3v) is 2.72. The molecule has 0 saturated heterocycles. The molecule has 5 heteroatoms. The Labute approximate surface area is 55.1 Å². The SMILES string of the molecule is CNCP(=O)(OC)OC. The summed E-state index contributed by atoms with van der Waals surface area (Å²) < 4.78 is 20.2. The van der Waals surface area contributed by atoms with Gasteiger partial charge in [-0.3, -0.25) is 4.57 Å². The Morgan fingerprint density at radius 1 is 1.44 bits per heavy atom. The van der Waals surface area contributed by atoms with Gasteiger partial charge in [0.15, 0.2) is 0 Å². The zero-order valence-electron chi connectivity index (χ0n) is 5.88. The fourth-order valence-electron chi connectivity index (χ4n) is 0.397. The zero-order valence-corrected chi connectivity index (χ0v) is 6.77. The molecule has 0 aliphatic rings. The molecule has 0 unspecified atom stereocenters. The molecule has 0 amide bonds. The molecule has 0 fully saturated rings. The summed E-state index contributed by atoms with van der Waals surface area (Å²) in [6, 6.07) is 0. The lowest BCUT2D eigenvalue weighted by Gasteiger charge is -2.11. The van der Waals surface area contributed by atoms with Crippen LogP contribution in [0.5, 0.6) is 0 Å². The normalized spacial score (nSPS) is 11.9. The maximum absolute atomic E-state index is 11.0. The molecule has 4 nitrogen and oxygen atoms in total. The molecule has 0 aliphatic heterocycles. The van der Waals surface area contributed by atoms with Crippen molar-refractivity contribution in [3.05, 3.63) is 0 Å². The highest BCUT2D eigenvalue weighted by Gasteiger charge is 2.18. The van der Waals surface area contributed by atoms with Crippen molar-refractivity contribution in [3.63, 3.8) is 0 Å². The molecule has 9 heavy (non-hydrogen) atoms. The second-order valence-electron chi connectivity index (χ2n) is 1.49. The summed E-state index contributed by atoms with van der Waals surface area (Å²) in [5, 5.41) is 2.70. The van der Waals surface area contributed by atoms with Crippen LogP contribution >= 0.6 is 7.60 Å². The van der Waals surface area contributed by atoms with Crippen LogP contribution in [0, 0.1) is 0 Å². The van der Waals surface area contributed by atoms with E-state index in [2.05, 4.69) is 14.4 Å². The van der Waals surface area contributed by atoms with E-state index >= 15 is 0 Å². The Balaban J connectivity index is 3.78. The Hall–Kier alpha value is 0.110. The minimum atomic E-state index is -2.79. The first-order chi connectivity index (χ1) is 4.18. The Morgan fingerprint density at radius 2 is 1.89 bits per heavy atom. The van der Waals surface area contributed by atoms with Crippen molar-refractivity contribution in [2.24, 2.45) is 0 Å². The van der Waals surface area contributed by atoms with Crippen LogP contribution in [-0.2, 0) is 13.6 Å². The number of rotatable bonds is 4. The van der Waals surface area contributed by atoms with Gasteiger partial charge in [0.05, 0.1) is 6.29 Å². The third-order valence-electron chi connectivity index (χ3n) is 0.908. The highest BCUT2D eigenvalue weighted by molar-refractivity contribution is 7.53. The first kappa shape index (κ1) is 9.11. The van der Waals surface area contributed by atoms with E-state index in [1.54, 1.807) is 7.05 Å². The van der Waals surface area contributed by atoms with E-state index in [0.717, 1.165) is 0 Å². The van der Waals surface area contributed by atoms with Crippen molar-refractivity contribution in [1.82, 2.24) is 5.32 Å². The average molecular weight is 153 g/mol. The monoisotopic (exact) mass is 153 g/mol. The molecule has 0 atom stereocenters. The second-order valence-corrected chi connectivity index (χ2v) is 3.76. The Bertz CT molecular complexity index is 108. The first-order valence-corrected chi connectivity index (χ1v) is 4.26. The number of hydrogen-bond acceptors (Lipinski definition) is 4. The summed E-state index contributed by atoms with van der Waals surface area (Å²) in [6.45, 7) is 0. The molecule has 0 aliphatic carbocycles. The summed E-state index contributed by atoms with van der Waals surface area (Å²) in [4.78, 5) is 0. The quantitative estimate of drug-likeness (QED) is 0.602. The molecule has 0 bridgehead atoms. The van der Waals surface area contributed by atoms with Gasteiger partial charge in [0.25, 0.3) is 0 Å². The highest BCUT2D eigenvalue weighted by atomic mass is 31.2. The molecular weight excluding hydrogens is 141 g/mol. The van der Waals surface area contributed by atoms with Gasteiger partial charge in [0.2, 0.25) is 0 Å². The van der Waals surface area contributed by atoms with Gasteiger partial charge in [-0.2, -0.15) is 0 Å². The van der Waals surface area contributed by atoms with E-state index in [1.807, 2.05) is 0 Å². The van der Waals surface area contributed by atoms with Crippen molar-refractivity contribution in [1.29, 1.82) is 0 Å². The molecule has 0 radical (unpaired) electrons. The van der Waals surface area contributed by atoms with Crippen LogP contribution in [0.15, 0.2) is 0 Å². The fourth-order valence-corrected chi connectivity index (χ4v) is 1.19. The molecule has 0 rings (SSSR count). The topological polar surface area (TPSA) is 47.6 Å². The summed E-state index contributed by atoms with van der Waals surface area (Å²) in [5.41, 5.74) is 0. The van der Waals surface area contributed by atoms with Gasteiger partial charge < -0.3 is 14.4 Å². The largest absolute Gasteiger partial charge is 0.343 e. The highest BCUT2D eigenvalue weighted by Crippen LogP contribution is 2.44. The average Bonchev–Trinajstić information content (AvgIpc) is 1.89. The maximum atomic E-state index is 11.0. The standard InChI is InChI=1S/C4H12NO3P/c1-5-4-9(6,7-2)8-3/h5H,4H2,1-3H3. The third kappa shape index (κ3) is 2.96. The molecule has 0 heterocycles. The van der Waals surface area contributed by atoms with Crippen LogP contribution in [-0.4, -0.2) is 27.6 Å². The van der Waals surface area contributed by atoms with E-state index in [-0.39, 0.29) is 6.29 Å². The van der Waals surface area contributed by atoms with Crippen LogP contribution in [0.4, 0.5) is 0 Å². The van der Waals surface area contributed by atoms with E-state index in [4.69, 9.17) is 0 Å². The zero-order chi connectivity index (χ0) is 7.33. The Kier molecular flexibility index (Phi) is 4.06. The predicted molar refractivity (Wildman–Crippen MR) is 35.6 cm³/mol. The fraction of sp³-hybridized carbons (Fsp3) is 1.00. The van der Waals surface area contributed by atoms with Crippen molar-refractivity contribution < 1.29 is 13.6 Å². The number of hydrogen-bond donors (Lipinski definition) is 1. The molecule has 1 N–H and O–H groups in total. The van der Waals surface area contributed by atoms with Gasteiger partial charge in [-0.05, 0) is 7.05 Å². The smallest absolute Gasteiger partial charge is 0.311 e. The van der Waals surface area contributed by atoms with E-state index in [1.165, 1.54) is 14.2 Å². The summed E-state index contributed by atoms with van der Waals surface area (Å²) in [5.74, 6) is 0. The van der Waals surface area contributed by atoms with Crippen LogP contribution in [0.2, 0.25) is 0 Å². The molecule has 0 aromatic heterocycles. The summed E-state index contributed by atoms with van der Waals surface area (Å²) in [6.07, 6.45) is 0.250. The van der Waals surface area contributed by atoms with Crippen LogP contribution in [0.1, 0.15) is 0 Å². The van der Waals surface area contributed by atoms with Gasteiger partial charge >= 0.3 is 7.60 Å². The van der Waals surface area contributed by atoms with E-state index in [9.17, 15) is 4.57 Å². The molecule has 0 saturated carbocycles. The lowest BCUT2D eigenvalue weighted by Crippen LogP contribution is -2.10. The van der Waals surface area contributed by atoms with Gasteiger partial charge in [0.1, 0.15) is 0 Å². The summed E-state index contributed by atoms with van der Waals surface area (Å²) >= 11 is 0. The van der Waals surface area contributed by atoms with Gasteiger partial charge in [-0.15, -0.1) is 0 Å². The molecule has 0 aromatic carbocycles. The number of nitrogens with one attached hydrogen (secondary N) is 1. The lowest BCUT2D eigenvalue weighted by atomic mass is 11.3. The molecular formula is C4H12NO3P. The second kappa shape index (κ2) is 4.01. The molecule has 0 spiro atoms. The van der Waals surface area contributed by atoms with Gasteiger partial charge in [-0.25, -0.2) is 0 Å². The molecule has 56 valence electrons. The van der Waals surface area contributed by atoms with Crippen molar-refractivity contribution in [2.45, 2.75) is 0 Å². The first-order valence-electron chi connectivity index (χ1n) is 2.53. The van der Waals surface area contributed by atoms with Crippen molar-refractivity contribution in [3.8, 4) is 0 Å². The molecule has 0 aromatic rings. The lowest BCUT2D eigenvalue weighted by molar-refractivity contribution is 0.274. The summed E-state index contributed by atoms with van der Waals surface area (Å²) in [7, 11) is 1.62. The minimum Gasteiger partial charge on any atom is -0.311 e. The van der Waals surface area contributed by atoms with E-state index in [0.29, 0.717) is 0 Å².